The lowest BCUT2D eigenvalue weighted by Gasteiger charge is -2.18. The van der Waals surface area contributed by atoms with Gasteiger partial charge in [-0.2, -0.15) is 0 Å². The third-order valence-corrected chi connectivity index (χ3v) is 4.80. The van der Waals surface area contributed by atoms with Crippen molar-refractivity contribution in [2.45, 2.75) is 13.0 Å². The molecule has 10 nitrogen and oxygen atoms in total. The van der Waals surface area contributed by atoms with Crippen molar-refractivity contribution in [3.8, 4) is 34.5 Å². The fraction of sp³-hybridized carbons (Fsp3) is 0.391. The molecular formula is C23H30N2O8. The van der Waals surface area contributed by atoms with E-state index in [1.54, 1.807) is 31.2 Å². The van der Waals surface area contributed by atoms with E-state index in [9.17, 15) is 9.59 Å². The van der Waals surface area contributed by atoms with Gasteiger partial charge in [-0.25, -0.2) is 0 Å². The summed E-state index contributed by atoms with van der Waals surface area (Å²) < 4.78 is 31.7. The number of carbonyl (C=O) groups is 2. The SMILES string of the molecule is COc1cc(C(=O)NC[C@H](C)NC(=O)c2cc(OC)c(OC)c(OC)c2)cc(OC)c1OC. The molecule has 0 fully saturated rings. The van der Waals surface area contributed by atoms with Crippen molar-refractivity contribution in [1.29, 1.82) is 0 Å². The summed E-state index contributed by atoms with van der Waals surface area (Å²) in [4.78, 5) is 25.4. The lowest BCUT2D eigenvalue weighted by molar-refractivity contribution is 0.0911. The monoisotopic (exact) mass is 462 g/mol. The van der Waals surface area contributed by atoms with E-state index in [-0.39, 0.29) is 24.4 Å². The lowest BCUT2D eigenvalue weighted by Crippen LogP contribution is -2.41. The number of ether oxygens (including phenoxy) is 6. The van der Waals surface area contributed by atoms with Crippen LogP contribution in [-0.4, -0.2) is 67.1 Å². The molecule has 0 aromatic heterocycles. The predicted octanol–water partition coefficient (Wildman–Crippen LogP) is 2.29. The average molecular weight is 462 g/mol. The van der Waals surface area contributed by atoms with Crippen LogP contribution in [0.4, 0.5) is 0 Å². The Balaban J connectivity index is 2.08. The van der Waals surface area contributed by atoms with Gasteiger partial charge in [-0.15, -0.1) is 0 Å². The summed E-state index contributed by atoms with van der Waals surface area (Å²) in [5.74, 6) is 1.53. The van der Waals surface area contributed by atoms with Gasteiger partial charge in [-0.1, -0.05) is 0 Å². The third-order valence-electron chi connectivity index (χ3n) is 4.80. The highest BCUT2D eigenvalue weighted by Gasteiger charge is 2.20. The molecular weight excluding hydrogens is 432 g/mol. The van der Waals surface area contributed by atoms with Gasteiger partial charge in [0.05, 0.1) is 42.7 Å². The van der Waals surface area contributed by atoms with Crippen LogP contribution in [-0.2, 0) is 0 Å². The van der Waals surface area contributed by atoms with Gasteiger partial charge in [0, 0.05) is 23.7 Å². The molecule has 0 unspecified atom stereocenters. The average Bonchev–Trinajstić information content (AvgIpc) is 2.84. The molecule has 0 saturated heterocycles. The normalized spacial score (nSPS) is 11.1. The smallest absolute Gasteiger partial charge is 0.251 e. The molecule has 33 heavy (non-hydrogen) atoms. The van der Waals surface area contributed by atoms with Crippen molar-refractivity contribution in [3.63, 3.8) is 0 Å². The molecule has 0 spiro atoms. The largest absolute Gasteiger partial charge is 0.493 e. The minimum absolute atomic E-state index is 0.186. The summed E-state index contributed by atoms with van der Waals surface area (Å²) in [6, 6.07) is 5.84. The van der Waals surface area contributed by atoms with E-state index in [0.29, 0.717) is 45.6 Å². The van der Waals surface area contributed by atoms with Gasteiger partial charge >= 0.3 is 0 Å². The van der Waals surface area contributed by atoms with Crippen molar-refractivity contribution in [3.05, 3.63) is 35.4 Å². The van der Waals surface area contributed by atoms with E-state index in [1.807, 2.05) is 0 Å². The molecule has 10 heteroatoms. The molecule has 0 heterocycles. The first kappa shape index (κ1) is 25.4. The number of hydrogen-bond donors (Lipinski definition) is 2. The Kier molecular flexibility index (Phi) is 9.02. The molecule has 0 aliphatic rings. The molecule has 2 rings (SSSR count). The maximum absolute atomic E-state index is 12.7. The Bertz CT molecular complexity index is 942. The Morgan fingerprint density at radius 1 is 0.667 bits per heavy atom. The number of carbonyl (C=O) groups excluding carboxylic acids is 2. The zero-order chi connectivity index (χ0) is 24.5. The van der Waals surface area contributed by atoms with E-state index in [4.69, 9.17) is 28.4 Å². The predicted molar refractivity (Wildman–Crippen MR) is 121 cm³/mol. The first-order valence-corrected chi connectivity index (χ1v) is 10.0. The Labute approximate surface area is 193 Å². The second-order valence-corrected chi connectivity index (χ2v) is 6.91. The highest BCUT2D eigenvalue weighted by Crippen LogP contribution is 2.39. The van der Waals surface area contributed by atoms with Crippen molar-refractivity contribution < 1.29 is 38.0 Å². The van der Waals surface area contributed by atoms with Crippen molar-refractivity contribution in [2.24, 2.45) is 0 Å². The number of nitrogens with one attached hydrogen (secondary N) is 2. The number of methoxy groups -OCH3 is 6. The third kappa shape index (κ3) is 5.91. The molecule has 2 aromatic rings. The minimum Gasteiger partial charge on any atom is -0.493 e. The summed E-state index contributed by atoms with van der Waals surface area (Å²) in [6.07, 6.45) is 0. The van der Waals surface area contributed by atoms with Gasteiger partial charge < -0.3 is 39.1 Å². The Morgan fingerprint density at radius 2 is 1.03 bits per heavy atom. The van der Waals surface area contributed by atoms with E-state index >= 15 is 0 Å². The zero-order valence-electron chi connectivity index (χ0n) is 19.9. The molecule has 0 aliphatic heterocycles. The lowest BCUT2D eigenvalue weighted by atomic mass is 10.1. The molecule has 180 valence electrons. The molecule has 2 N–H and O–H groups in total. The highest BCUT2D eigenvalue weighted by molar-refractivity contribution is 5.97. The fourth-order valence-corrected chi connectivity index (χ4v) is 3.13. The zero-order valence-corrected chi connectivity index (χ0v) is 19.9. The van der Waals surface area contributed by atoms with Crippen LogP contribution in [0.5, 0.6) is 34.5 Å². The summed E-state index contributed by atoms with van der Waals surface area (Å²) in [5, 5.41) is 5.62. The maximum Gasteiger partial charge on any atom is 0.251 e. The topological polar surface area (TPSA) is 114 Å². The van der Waals surface area contributed by atoms with Crippen LogP contribution >= 0.6 is 0 Å². The quantitative estimate of drug-likeness (QED) is 0.523. The van der Waals surface area contributed by atoms with Gasteiger partial charge in [0.25, 0.3) is 11.8 Å². The van der Waals surface area contributed by atoms with E-state index < -0.39 is 0 Å². The van der Waals surface area contributed by atoms with Crippen LogP contribution in [0.2, 0.25) is 0 Å². The van der Waals surface area contributed by atoms with Crippen molar-refractivity contribution in [2.75, 3.05) is 49.2 Å². The van der Waals surface area contributed by atoms with Gasteiger partial charge in [0.2, 0.25) is 11.5 Å². The van der Waals surface area contributed by atoms with Crippen LogP contribution < -0.4 is 39.1 Å². The number of hydrogen-bond acceptors (Lipinski definition) is 8. The van der Waals surface area contributed by atoms with Crippen LogP contribution in [0.1, 0.15) is 27.6 Å². The molecule has 1 atom stereocenters. The van der Waals surface area contributed by atoms with Crippen molar-refractivity contribution >= 4 is 11.8 Å². The van der Waals surface area contributed by atoms with Gasteiger partial charge in [0.15, 0.2) is 23.0 Å². The van der Waals surface area contributed by atoms with Crippen LogP contribution in [0.25, 0.3) is 0 Å². The molecule has 0 aliphatic carbocycles. The van der Waals surface area contributed by atoms with E-state index in [2.05, 4.69) is 10.6 Å². The summed E-state index contributed by atoms with van der Waals surface area (Å²) in [5.41, 5.74) is 0.653. The minimum atomic E-state index is -0.373. The molecule has 2 amide bonds. The van der Waals surface area contributed by atoms with Gasteiger partial charge in [0.1, 0.15) is 0 Å². The summed E-state index contributed by atoms with van der Waals surface area (Å²) in [7, 11) is 8.86. The standard InChI is InChI=1S/C23H30N2O8/c1-13(25-23(27)15-10-18(30-4)21(33-7)19(11-15)31-5)12-24-22(26)14-8-16(28-2)20(32-6)17(9-14)29-3/h8-11,13H,12H2,1-7H3,(H,24,26)(H,25,27)/t13-/m0/s1. The maximum atomic E-state index is 12.7. The van der Waals surface area contributed by atoms with Crippen LogP contribution in [0.3, 0.4) is 0 Å². The fourth-order valence-electron chi connectivity index (χ4n) is 3.13. The summed E-state index contributed by atoms with van der Waals surface area (Å²) in [6.45, 7) is 1.96. The highest BCUT2D eigenvalue weighted by atomic mass is 16.5. The molecule has 0 radical (unpaired) electrons. The summed E-state index contributed by atoms with van der Waals surface area (Å²) >= 11 is 0. The molecule has 2 aromatic carbocycles. The number of amides is 2. The number of benzene rings is 2. The van der Waals surface area contributed by atoms with Gasteiger partial charge in [-0.3, -0.25) is 9.59 Å². The number of rotatable bonds is 11. The van der Waals surface area contributed by atoms with Crippen LogP contribution in [0.15, 0.2) is 24.3 Å². The molecule has 0 saturated carbocycles. The first-order valence-electron chi connectivity index (χ1n) is 10.0. The second-order valence-electron chi connectivity index (χ2n) is 6.91. The van der Waals surface area contributed by atoms with Crippen molar-refractivity contribution in [1.82, 2.24) is 10.6 Å². The Morgan fingerprint density at radius 3 is 1.36 bits per heavy atom. The van der Waals surface area contributed by atoms with Gasteiger partial charge in [-0.05, 0) is 31.2 Å². The Hall–Kier alpha value is -3.82. The van der Waals surface area contributed by atoms with E-state index in [1.165, 1.54) is 42.7 Å². The van der Waals surface area contributed by atoms with Crippen LogP contribution in [0, 0.1) is 0 Å². The second kappa shape index (κ2) is 11.7. The first-order chi connectivity index (χ1) is 15.8. The molecule has 0 bridgehead atoms. The van der Waals surface area contributed by atoms with E-state index in [0.717, 1.165) is 0 Å².